The number of hydrogen-bond donors (Lipinski definition) is 2. The molecular formula is C16H24N2O2S. The van der Waals surface area contributed by atoms with E-state index in [0.717, 1.165) is 23.7 Å². The summed E-state index contributed by atoms with van der Waals surface area (Å²) < 4.78 is 5.83. The Balaban J connectivity index is 1.82. The molecule has 0 aromatic heterocycles. The first-order valence-corrected chi connectivity index (χ1v) is 8.83. The maximum atomic E-state index is 11.9. The van der Waals surface area contributed by atoms with E-state index in [0.29, 0.717) is 18.9 Å². The third-order valence-electron chi connectivity index (χ3n) is 3.57. The highest BCUT2D eigenvalue weighted by atomic mass is 32.2. The summed E-state index contributed by atoms with van der Waals surface area (Å²) in [5, 5.41) is 2.90. The van der Waals surface area contributed by atoms with Crippen LogP contribution >= 0.6 is 11.8 Å². The molecular weight excluding hydrogens is 284 g/mol. The highest BCUT2D eigenvalue weighted by Crippen LogP contribution is 2.30. The lowest BCUT2D eigenvalue weighted by atomic mass is 10.2. The van der Waals surface area contributed by atoms with E-state index in [1.54, 1.807) is 11.8 Å². The molecule has 0 aliphatic heterocycles. The maximum absolute atomic E-state index is 11.9. The third-order valence-corrected chi connectivity index (χ3v) is 4.21. The number of hydrogen-bond acceptors (Lipinski definition) is 4. The van der Waals surface area contributed by atoms with Crippen LogP contribution in [0.4, 0.5) is 0 Å². The van der Waals surface area contributed by atoms with E-state index in [2.05, 4.69) is 5.32 Å². The summed E-state index contributed by atoms with van der Waals surface area (Å²) in [6, 6.07) is 7.42. The Bertz CT molecular complexity index is 463. The Labute approximate surface area is 130 Å². The molecule has 1 fully saturated rings. The first-order valence-electron chi connectivity index (χ1n) is 7.43. The van der Waals surface area contributed by atoms with Crippen molar-refractivity contribution in [1.82, 2.24) is 5.32 Å². The number of nitrogens with two attached hydrogens (primary N) is 1. The molecule has 0 heterocycles. The van der Waals surface area contributed by atoms with Crippen molar-refractivity contribution in [2.45, 2.75) is 31.8 Å². The van der Waals surface area contributed by atoms with Crippen molar-refractivity contribution in [2.24, 2.45) is 11.7 Å². The average molecular weight is 308 g/mol. The van der Waals surface area contributed by atoms with Gasteiger partial charge in [0.2, 0.25) is 5.91 Å². The van der Waals surface area contributed by atoms with Crippen LogP contribution in [0.1, 0.15) is 24.8 Å². The summed E-state index contributed by atoms with van der Waals surface area (Å²) in [5.41, 5.74) is 6.86. The molecule has 0 unspecified atom stereocenters. The van der Waals surface area contributed by atoms with Crippen LogP contribution in [-0.4, -0.2) is 30.6 Å². The zero-order valence-corrected chi connectivity index (χ0v) is 13.3. The van der Waals surface area contributed by atoms with Gasteiger partial charge in [-0.1, -0.05) is 18.2 Å². The largest absolute Gasteiger partial charge is 0.493 e. The van der Waals surface area contributed by atoms with Crippen LogP contribution in [0.3, 0.4) is 0 Å². The lowest BCUT2D eigenvalue weighted by Crippen LogP contribution is -2.40. The molecule has 0 saturated heterocycles. The van der Waals surface area contributed by atoms with Gasteiger partial charge >= 0.3 is 0 Å². The summed E-state index contributed by atoms with van der Waals surface area (Å²) in [6.07, 6.45) is 5.25. The Hall–Kier alpha value is -1.20. The van der Waals surface area contributed by atoms with Crippen LogP contribution in [0, 0.1) is 5.92 Å². The first kappa shape index (κ1) is 16.2. The van der Waals surface area contributed by atoms with E-state index < -0.39 is 6.04 Å². The van der Waals surface area contributed by atoms with Crippen LogP contribution < -0.4 is 15.8 Å². The fourth-order valence-electron chi connectivity index (χ4n) is 1.97. The van der Waals surface area contributed by atoms with Crippen molar-refractivity contribution in [3.8, 4) is 5.75 Å². The number of nitrogens with one attached hydrogen (secondary N) is 1. The molecule has 1 atom stereocenters. The van der Waals surface area contributed by atoms with Gasteiger partial charge in [0.1, 0.15) is 5.75 Å². The molecule has 21 heavy (non-hydrogen) atoms. The number of amides is 1. The molecule has 116 valence electrons. The predicted octanol–water partition coefficient (Wildman–Crippen LogP) is 2.17. The zero-order chi connectivity index (χ0) is 15.1. The molecule has 1 aliphatic carbocycles. The lowest BCUT2D eigenvalue weighted by molar-refractivity contribution is -0.122. The van der Waals surface area contributed by atoms with Crippen LogP contribution in [-0.2, 0) is 11.3 Å². The highest BCUT2D eigenvalue weighted by molar-refractivity contribution is 7.98. The van der Waals surface area contributed by atoms with E-state index in [1.165, 1.54) is 12.8 Å². The number of rotatable bonds is 9. The van der Waals surface area contributed by atoms with Crippen LogP contribution in [0.25, 0.3) is 0 Å². The predicted molar refractivity (Wildman–Crippen MR) is 87.5 cm³/mol. The van der Waals surface area contributed by atoms with E-state index in [9.17, 15) is 4.79 Å². The third kappa shape index (κ3) is 5.59. The van der Waals surface area contributed by atoms with Gasteiger partial charge in [-0.3, -0.25) is 4.79 Å². The van der Waals surface area contributed by atoms with Crippen LogP contribution in [0.5, 0.6) is 5.75 Å². The zero-order valence-electron chi connectivity index (χ0n) is 12.5. The molecule has 1 aromatic rings. The van der Waals surface area contributed by atoms with Gasteiger partial charge in [-0.2, -0.15) is 11.8 Å². The van der Waals surface area contributed by atoms with Crippen molar-refractivity contribution in [3.05, 3.63) is 29.8 Å². The first-order chi connectivity index (χ1) is 10.2. The van der Waals surface area contributed by atoms with E-state index in [-0.39, 0.29) is 5.91 Å². The smallest absolute Gasteiger partial charge is 0.237 e. The quantitative estimate of drug-likeness (QED) is 0.734. The summed E-state index contributed by atoms with van der Waals surface area (Å²) in [6.45, 7) is 1.24. The molecule has 1 saturated carbocycles. The molecule has 1 aliphatic rings. The second-order valence-electron chi connectivity index (χ2n) is 5.47. The number of ether oxygens (including phenoxy) is 1. The van der Waals surface area contributed by atoms with Crippen LogP contribution in [0.15, 0.2) is 24.3 Å². The Morgan fingerprint density at radius 2 is 2.24 bits per heavy atom. The van der Waals surface area contributed by atoms with Gasteiger partial charge in [-0.15, -0.1) is 0 Å². The average Bonchev–Trinajstić information content (AvgIpc) is 3.33. The topological polar surface area (TPSA) is 64.4 Å². The fraction of sp³-hybridized carbons (Fsp3) is 0.562. The number of para-hydroxylation sites is 1. The van der Waals surface area contributed by atoms with Crippen molar-refractivity contribution in [3.63, 3.8) is 0 Å². The standard InChI is InChI=1S/C16H24N2O2S/c1-21-9-8-14(17)16(19)18-10-13-4-2-3-5-15(13)20-11-12-6-7-12/h2-5,12,14H,6-11,17H2,1H3,(H,18,19)/t14-/m0/s1. The number of benzene rings is 1. The summed E-state index contributed by atoms with van der Waals surface area (Å²) >= 11 is 1.70. The molecule has 0 bridgehead atoms. The van der Waals surface area contributed by atoms with Crippen LogP contribution in [0.2, 0.25) is 0 Å². The molecule has 4 nitrogen and oxygen atoms in total. The number of thioether (sulfide) groups is 1. The monoisotopic (exact) mass is 308 g/mol. The van der Waals surface area contributed by atoms with Crippen molar-refractivity contribution < 1.29 is 9.53 Å². The summed E-state index contributed by atoms with van der Waals surface area (Å²) in [5.74, 6) is 2.38. The second-order valence-corrected chi connectivity index (χ2v) is 6.45. The van der Waals surface area contributed by atoms with E-state index in [1.807, 2.05) is 30.5 Å². The minimum atomic E-state index is -0.433. The van der Waals surface area contributed by atoms with Gasteiger partial charge in [0.25, 0.3) is 0 Å². The summed E-state index contributed by atoms with van der Waals surface area (Å²) in [7, 11) is 0. The summed E-state index contributed by atoms with van der Waals surface area (Å²) in [4.78, 5) is 11.9. The fourth-order valence-corrected chi connectivity index (χ4v) is 2.46. The Kier molecular flexibility index (Phi) is 6.39. The van der Waals surface area contributed by atoms with E-state index in [4.69, 9.17) is 10.5 Å². The molecule has 3 N–H and O–H groups in total. The molecule has 0 radical (unpaired) electrons. The molecule has 0 spiro atoms. The normalized spacial score (nSPS) is 15.5. The maximum Gasteiger partial charge on any atom is 0.237 e. The Morgan fingerprint density at radius 3 is 2.95 bits per heavy atom. The number of carbonyl (C=O) groups excluding carboxylic acids is 1. The molecule has 5 heteroatoms. The van der Waals surface area contributed by atoms with Gasteiger partial charge < -0.3 is 15.8 Å². The van der Waals surface area contributed by atoms with Gasteiger partial charge in [0.05, 0.1) is 12.6 Å². The minimum absolute atomic E-state index is 0.0963. The highest BCUT2D eigenvalue weighted by Gasteiger charge is 2.22. The van der Waals surface area contributed by atoms with E-state index >= 15 is 0 Å². The van der Waals surface area contributed by atoms with Crippen molar-refractivity contribution in [2.75, 3.05) is 18.6 Å². The van der Waals surface area contributed by atoms with Crippen molar-refractivity contribution in [1.29, 1.82) is 0 Å². The van der Waals surface area contributed by atoms with Gasteiger partial charge in [0, 0.05) is 12.1 Å². The molecule has 2 rings (SSSR count). The van der Waals surface area contributed by atoms with Gasteiger partial charge in [-0.25, -0.2) is 0 Å². The SMILES string of the molecule is CSCC[C@H](N)C(=O)NCc1ccccc1OCC1CC1. The van der Waals surface area contributed by atoms with Crippen molar-refractivity contribution >= 4 is 17.7 Å². The molecule has 1 amide bonds. The molecule has 1 aromatic carbocycles. The minimum Gasteiger partial charge on any atom is -0.493 e. The number of carbonyl (C=O) groups is 1. The van der Waals surface area contributed by atoms with Gasteiger partial charge in [0.15, 0.2) is 0 Å². The lowest BCUT2D eigenvalue weighted by Gasteiger charge is -2.14. The van der Waals surface area contributed by atoms with Gasteiger partial charge in [-0.05, 0) is 43.3 Å². The Morgan fingerprint density at radius 1 is 1.48 bits per heavy atom. The second kappa shape index (κ2) is 8.29.